The molecule has 2 aromatic rings. The highest BCUT2D eigenvalue weighted by Gasteiger charge is 2.18. The first-order chi connectivity index (χ1) is 8.74. The van der Waals surface area contributed by atoms with Crippen molar-refractivity contribution >= 4 is 16.7 Å². The van der Waals surface area contributed by atoms with Crippen molar-refractivity contribution < 1.29 is 0 Å². The molecule has 0 radical (unpaired) electrons. The van der Waals surface area contributed by atoms with E-state index in [-0.39, 0.29) is 5.56 Å². The summed E-state index contributed by atoms with van der Waals surface area (Å²) in [6, 6.07) is 5.69. The van der Waals surface area contributed by atoms with E-state index in [1.54, 1.807) is 12.3 Å². The lowest BCUT2D eigenvalue weighted by Gasteiger charge is -2.32. The Labute approximate surface area is 105 Å². The minimum Gasteiger partial charge on any atom is -0.371 e. The van der Waals surface area contributed by atoms with Gasteiger partial charge in [0.05, 0.1) is 0 Å². The Kier molecular flexibility index (Phi) is 2.76. The molecule has 0 unspecified atom stereocenters. The molecular formula is C13H16N4O. The molecule has 0 atom stereocenters. The number of H-pyrrole nitrogens is 1. The highest BCUT2D eigenvalue weighted by Crippen LogP contribution is 2.25. The topological polar surface area (TPSA) is 75.0 Å². The maximum Gasteiger partial charge on any atom is 0.249 e. The van der Waals surface area contributed by atoms with Crippen molar-refractivity contribution in [3.05, 3.63) is 34.7 Å². The number of aromatic amines is 1. The number of hydrogen-bond donors (Lipinski definition) is 2. The summed E-state index contributed by atoms with van der Waals surface area (Å²) < 4.78 is 0. The molecule has 0 aromatic carbocycles. The number of piperidine rings is 1. The summed E-state index contributed by atoms with van der Waals surface area (Å²) in [6.07, 6.45) is 3.75. The van der Waals surface area contributed by atoms with Crippen LogP contribution in [-0.4, -0.2) is 29.1 Å². The van der Waals surface area contributed by atoms with Gasteiger partial charge in [-0.25, -0.2) is 4.98 Å². The summed E-state index contributed by atoms with van der Waals surface area (Å²) >= 11 is 0. The van der Waals surface area contributed by atoms with Gasteiger partial charge in [-0.15, -0.1) is 0 Å². The van der Waals surface area contributed by atoms with Crippen molar-refractivity contribution in [2.75, 3.05) is 18.0 Å². The number of nitrogens with zero attached hydrogens (tertiary/aromatic N) is 2. The summed E-state index contributed by atoms with van der Waals surface area (Å²) in [5, 5.41) is 0.993. The molecule has 0 saturated carbocycles. The average molecular weight is 244 g/mol. The smallest absolute Gasteiger partial charge is 0.249 e. The van der Waals surface area contributed by atoms with Gasteiger partial charge in [0, 0.05) is 42.5 Å². The fourth-order valence-corrected chi connectivity index (χ4v) is 2.46. The number of nitrogens with two attached hydrogens (primary N) is 1. The molecule has 1 aliphatic rings. The minimum atomic E-state index is -0.118. The van der Waals surface area contributed by atoms with Gasteiger partial charge >= 0.3 is 0 Å². The predicted octanol–water partition coefficient (Wildman–Crippen LogP) is 0.851. The van der Waals surface area contributed by atoms with E-state index in [1.165, 1.54) is 0 Å². The maximum atomic E-state index is 11.3. The van der Waals surface area contributed by atoms with Crippen LogP contribution in [0, 0.1) is 0 Å². The molecular weight excluding hydrogens is 228 g/mol. The third kappa shape index (κ3) is 1.97. The Morgan fingerprint density at radius 2 is 2.06 bits per heavy atom. The Bertz CT molecular complexity index is 614. The number of rotatable bonds is 1. The first kappa shape index (κ1) is 11.2. The van der Waals surface area contributed by atoms with Gasteiger partial charge in [0.15, 0.2) is 0 Å². The van der Waals surface area contributed by atoms with Crippen LogP contribution in [0.3, 0.4) is 0 Å². The predicted molar refractivity (Wildman–Crippen MR) is 71.8 cm³/mol. The lowest BCUT2D eigenvalue weighted by molar-refractivity contribution is 0.502. The normalized spacial score (nSPS) is 17.3. The molecule has 0 bridgehead atoms. The first-order valence-electron chi connectivity index (χ1n) is 6.22. The third-order valence-electron chi connectivity index (χ3n) is 3.49. The van der Waals surface area contributed by atoms with Gasteiger partial charge in [0.2, 0.25) is 5.56 Å². The van der Waals surface area contributed by atoms with Gasteiger partial charge < -0.3 is 15.6 Å². The molecule has 3 N–H and O–H groups in total. The number of hydrogen-bond acceptors (Lipinski definition) is 4. The molecule has 5 nitrogen and oxygen atoms in total. The fraction of sp³-hybridized carbons (Fsp3) is 0.385. The van der Waals surface area contributed by atoms with Gasteiger partial charge in [-0.05, 0) is 25.0 Å². The van der Waals surface area contributed by atoms with Gasteiger partial charge in [-0.1, -0.05) is 0 Å². The van der Waals surface area contributed by atoms with Crippen LogP contribution in [0.4, 0.5) is 5.69 Å². The van der Waals surface area contributed by atoms with E-state index < -0.39 is 0 Å². The maximum absolute atomic E-state index is 11.3. The van der Waals surface area contributed by atoms with Crippen LogP contribution in [0.1, 0.15) is 12.8 Å². The van der Waals surface area contributed by atoms with Crippen LogP contribution in [0.2, 0.25) is 0 Å². The second-order valence-corrected chi connectivity index (χ2v) is 4.74. The van der Waals surface area contributed by atoms with E-state index in [4.69, 9.17) is 5.73 Å². The van der Waals surface area contributed by atoms with E-state index in [9.17, 15) is 4.79 Å². The largest absolute Gasteiger partial charge is 0.371 e. The van der Waals surface area contributed by atoms with Crippen LogP contribution < -0.4 is 16.2 Å². The molecule has 0 aliphatic carbocycles. The van der Waals surface area contributed by atoms with E-state index in [0.29, 0.717) is 11.7 Å². The van der Waals surface area contributed by atoms with Crippen LogP contribution in [0.5, 0.6) is 0 Å². The number of nitrogens with one attached hydrogen (secondary N) is 1. The van der Waals surface area contributed by atoms with Crippen molar-refractivity contribution in [1.82, 2.24) is 9.97 Å². The van der Waals surface area contributed by atoms with Crippen molar-refractivity contribution in [2.45, 2.75) is 18.9 Å². The third-order valence-corrected chi connectivity index (χ3v) is 3.49. The molecule has 0 spiro atoms. The summed E-state index contributed by atoms with van der Waals surface area (Å²) in [6.45, 7) is 1.92. The molecule has 5 heteroatoms. The van der Waals surface area contributed by atoms with Crippen LogP contribution in [-0.2, 0) is 0 Å². The second-order valence-electron chi connectivity index (χ2n) is 4.74. The molecule has 94 valence electrons. The lowest BCUT2D eigenvalue weighted by atomic mass is 10.0. The van der Waals surface area contributed by atoms with Gasteiger partial charge in [0.25, 0.3) is 0 Å². The quantitative estimate of drug-likeness (QED) is 0.780. The number of anilines is 1. The van der Waals surface area contributed by atoms with Crippen molar-refractivity contribution in [2.24, 2.45) is 5.73 Å². The highest BCUT2D eigenvalue weighted by molar-refractivity contribution is 5.89. The van der Waals surface area contributed by atoms with Crippen molar-refractivity contribution in [3.8, 4) is 0 Å². The van der Waals surface area contributed by atoms with Gasteiger partial charge in [0.1, 0.15) is 5.65 Å². The Morgan fingerprint density at radius 3 is 2.83 bits per heavy atom. The monoisotopic (exact) mass is 244 g/mol. The molecule has 1 aliphatic heterocycles. The molecule has 2 aromatic heterocycles. The van der Waals surface area contributed by atoms with E-state index in [1.807, 2.05) is 12.1 Å². The van der Waals surface area contributed by atoms with Crippen molar-refractivity contribution in [1.29, 1.82) is 0 Å². The lowest BCUT2D eigenvalue weighted by Crippen LogP contribution is -2.39. The van der Waals surface area contributed by atoms with E-state index in [0.717, 1.165) is 37.0 Å². The van der Waals surface area contributed by atoms with E-state index >= 15 is 0 Å². The Balaban J connectivity index is 2.04. The molecule has 0 amide bonds. The molecule has 1 fully saturated rings. The van der Waals surface area contributed by atoms with Crippen LogP contribution in [0.25, 0.3) is 11.0 Å². The average Bonchev–Trinajstić information content (AvgIpc) is 2.38. The van der Waals surface area contributed by atoms with Crippen molar-refractivity contribution in [3.63, 3.8) is 0 Å². The highest BCUT2D eigenvalue weighted by atomic mass is 16.1. The summed E-state index contributed by atoms with van der Waals surface area (Å²) in [5.74, 6) is 0. The zero-order valence-electron chi connectivity index (χ0n) is 10.1. The molecule has 1 saturated heterocycles. The van der Waals surface area contributed by atoms with Crippen LogP contribution in [0.15, 0.2) is 29.2 Å². The number of fused-ring (bicyclic) bond motifs is 1. The van der Waals surface area contributed by atoms with E-state index in [2.05, 4.69) is 14.9 Å². The minimum absolute atomic E-state index is 0.118. The molecule has 3 rings (SSSR count). The van der Waals surface area contributed by atoms with Gasteiger partial charge in [-0.3, -0.25) is 4.79 Å². The zero-order valence-corrected chi connectivity index (χ0v) is 10.1. The fourth-order valence-electron chi connectivity index (χ4n) is 2.46. The standard InChI is InChI=1S/C13H16N4O/c14-9-4-7-17(8-5-9)11-3-6-15-13-10(11)1-2-12(18)16-13/h1-3,6,9H,4-5,7-8,14H2,(H,15,16,18). The molecule has 18 heavy (non-hydrogen) atoms. The second kappa shape index (κ2) is 4.42. The van der Waals surface area contributed by atoms with Gasteiger partial charge in [-0.2, -0.15) is 0 Å². The molecule has 3 heterocycles. The SMILES string of the molecule is NC1CCN(c2ccnc3[nH]c(=O)ccc23)CC1. The first-order valence-corrected chi connectivity index (χ1v) is 6.22. The Morgan fingerprint density at radius 1 is 1.28 bits per heavy atom. The summed E-state index contributed by atoms with van der Waals surface area (Å²) in [4.78, 5) is 20.6. The number of aromatic nitrogens is 2. The zero-order chi connectivity index (χ0) is 12.5. The summed E-state index contributed by atoms with van der Waals surface area (Å²) in [5.41, 5.74) is 7.58. The van der Waals surface area contributed by atoms with Crippen LogP contribution >= 0.6 is 0 Å². The summed E-state index contributed by atoms with van der Waals surface area (Å²) in [7, 11) is 0. The number of pyridine rings is 2. The Hall–Kier alpha value is -1.88.